The summed E-state index contributed by atoms with van der Waals surface area (Å²) in [4.78, 5) is 4.63. The summed E-state index contributed by atoms with van der Waals surface area (Å²) in [6.45, 7) is 0.870. The topological polar surface area (TPSA) is 42.2 Å². The van der Waals surface area contributed by atoms with Crippen LogP contribution in [-0.2, 0) is 6.54 Å². The van der Waals surface area contributed by atoms with E-state index in [2.05, 4.69) is 33.7 Å². The number of nitrogens with one attached hydrogen (secondary N) is 1. The van der Waals surface area contributed by atoms with Gasteiger partial charge in [-0.2, -0.15) is 5.10 Å². The van der Waals surface area contributed by atoms with E-state index in [-0.39, 0.29) is 0 Å². The van der Waals surface area contributed by atoms with Crippen LogP contribution in [0.5, 0.6) is 0 Å². The minimum atomic E-state index is 0.586. The third-order valence-electron chi connectivity index (χ3n) is 3.51. The number of hydrogen-bond acceptors (Lipinski definition) is 3. The van der Waals surface area contributed by atoms with Crippen molar-refractivity contribution in [2.24, 2.45) is 0 Å². The molecule has 1 aliphatic carbocycles. The molecule has 1 fully saturated rings. The molecule has 2 aromatic rings. The normalized spacial score (nSPS) is 17.0. The van der Waals surface area contributed by atoms with Crippen LogP contribution in [-0.4, -0.2) is 21.6 Å². The first-order valence-electron chi connectivity index (χ1n) is 6.36. The molecule has 0 amide bonds. The highest BCUT2D eigenvalue weighted by Crippen LogP contribution is 2.32. The van der Waals surface area contributed by atoms with Crippen molar-refractivity contribution in [3.05, 3.63) is 29.7 Å². The Morgan fingerprint density at radius 3 is 2.94 bits per heavy atom. The zero-order valence-electron chi connectivity index (χ0n) is 10.2. The van der Waals surface area contributed by atoms with Crippen LogP contribution in [0.4, 0.5) is 0 Å². The molecular weight excluding hydrogens is 212 g/mol. The highest BCUT2D eigenvalue weighted by molar-refractivity contribution is 5.39. The molecule has 0 saturated heterocycles. The number of fused-ring (bicyclic) bond motifs is 1. The summed E-state index contributed by atoms with van der Waals surface area (Å²) in [6.07, 6.45) is 7.22. The van der Waals surface area contributed by atoms with Gasteiger partial charge in [0.25, 0.3) is 0 Å². The summed E-state index contributed by atoms with van der Waals surface area (Å²) in [7, 11) is 1.95. The molecule has 3 rings (SSSR count). The Bertz CT molecular complexity index is 511. The van der Waals surface area contributed by atoms with Crippen LogP contribution in [0.2, 0.25) is 0 Å². The lowest BCUT2D eigenvalue weighted by Gasteiger charge is -2.00. The number of nitrogens with zero attached hydrogens (tertiary/aromatic N) is 3. The van der Waals surface area contributed by atoms with Gasteiger partial charge in [0.15, 0.2) is 11.5 Å². The summed E-state index contributed by atoms with van der Waals surface area (Å²) in [5, 5.41) is 7.76. The summed E-state index contributed by atoms with van der Waals surface area (Å²) in [5.41, 5.74) is 2.20. The Hall–Kier alpha value is -1.42. The van der Waals surface area contributed by atoms with Crippen molar-refractivity contribution >= 4 is 5.65 Å². The molecule has 0 bridgehead atoms. The largest absolute Gasteiger partial charge is 0.316 e. The van der Waals surface area contributed by atoms with Gasteiger partial charge in [0, 0.05) is 18.7 Å². The third-order valence-corrected chi connectivity index (χ3v) is 3.51. The SMILES string of the molecule is CNCc1ccc2nc(C3CCCC3)nn2c1. The molecular formula is C13H18N4. The van der Waals surface area contributed by atoms with Gasteiger partial charge in [-0.1, -0.05) is 18.9 Å². The fraction of sp³-hybridized carbons (Fsp3) is 0.538. The first-order valence-corrected chi connectivity index (χ1v) is 6.36. The van der Waals surface area contributed by atoms with Gasteiger partial charge in [-0.3, -0.25) is 0 Å². The quantitative estimate of drug-likeness (QED) is 0.878. The van der Waals surface area contributed by atoms with Gasteiger partial charge in [0.1, 0.15) is 0 Å². The Kier molecular flexibility index (Phi) is 2.81. The highest BCUT2D eigenvalue weighted by atomic mass is 15.3. The predicted molar refractivity (Wildman–Crippen MR) is 67.0 cm³/mol. The maximum atomic E-state index is 4.63. The van der Waals surface area contributed by atoms with Crippen molar-refractivity contribution in [3.63, 3.8) is 0 Å². The van der Waals surface area contributed by atoms with E-state index in [4.69, 9.17) is 0 Å². The minimum Gasteiger partial charge on any atom is -0.316 e. The molecule has 0 aromatic carbocycles. The second-order valence-electron chi connectivity index (χ2n) is 4.82. The van der Waals surface area contributed by atoms with Crippen LogP contribution in [0.25, 0.3) is 5.65 Å². The van der Waals surface area contributed by atoms with Gasteiger partial charge in [0.05, 0.1) is 0 Å². The van der Waals surface area contributed by atoms with Gasteiger partial charge in [-0.05, 0) is 31.5 Å². The van der Waals surface area contributed by atoms with E-state index < -0.39 is 0 Å². The third kappa shape index (κ3) is 2.05. The lowest BCUT2D eigenvalue weighted by molar-refractivity contribution is 0.665. The molecule has 2 aromatic heterocycles. The fourth-order valence-electron chi connectivity index (χ4n) is 2.61. The van der Waals surface area contributed by atoms with Gasteiger partial charge >= 0.3 is 0 Å². The Labute approximate surface area is 101 Å². The van der Waals surface area contributed by atoms with Crippen LogP contribution in [0.15, 0.2) is 18.3 Å². The average Bonchev–Trinajstić information content (AvgIpc) is 2.97. The molecule has 4 nitrogen and oxygen atoms in total. The van der Waals surface area contributed by atoms with Crippen molar-refractivity contribution in [1.82, 2.24) is 19.9 Å². The van der Waals surface area contributed by atoms with Crippen molar-refractivity contribution in [3.8, 4) is 0 Å². The van der Waals surface area contributed by atoms with E-state index in [0.717, 1.165) is 18.0 Å². The lowest BCUT2D eigenvalue weighted by Crippen LogP contribution is -2.06. The lowest BCUT2D eigenvalue weighted by atomic mass is 10.1. The molecule has 1 N–H and O–H groups in total. The molecule has 4 heteroatoms. The summed E-state index contributed by atoms with van der Waals surface area (Å²) >= 11 is 0. The van der Waals surface area contributed by atoms with Crippen LogP contribution in [0.1, 0.15) is 43.0 Å². The molecule has 0 unspecified atom stereocenters. The van der Waals surface area contributed by atoms with Crippen LogP contribution >= 0.6 is 0 Å². The summed E-state index contributed by atoms with van der Waals surface area (Å²) in [5.74, 6) is 1.62. The van der Waals surface area contributed by atoms with Gasteiger partial charge < -0.3 is 5.32 Å². The molecule has 1 aliphatic rings. The summed E-state index contributed by atoms with van der Waals surface area (Å²) < 4.78 is 1.92. The molecule has 90 valence electrons. The molecule has 0 spiro atoms. The fourth-order valence-corrected chi connectivity index (χ4v) is 2.61. The van der Waals surface area contributed by atoms with E-state index >= 15 is 0 Å². The van der Waals surface area contributed by atoms with E-state index in [0.29, 0.717) is 5.92 Å². The summed E-state index contributed by atoms with van der Waals surface area (Å²) in [6, 6.07) is 4.16. The number of hydrogen-bond donors (Lipinski definition) is 1. The predicted octanol–water partition coefficient (Wildman–Crippen LogP) is 2.11. The molecule has 17 heavy (non-hydrogen) atoms. The maximum Gasteiger partial charge on any atom is 0.155 e. The number of aromatic nitrogens is 3. The second kappa shape index (κ2) is 4.45. The number of rotatable bonds is 3. The van der Waals surface area contributed by atoms with Crippen LogP contribution < -0.4 is 5.32 Å². The molecule has 0 atom stereocenters. The Morgan fingerprint density at radius 1 is 1.35 bits per heavy atom. The van der Waals surface area contributed by atoms with Crippen LogP contribution in [0, 0.1) is 0 Å². The Morgan fingerprint density at radius 2 is 2.18 bits per heavy atom. The van der Waals surface area contributed by atoms with Crippen molar-refractivity contribution in [2.75, 3.05) is 7.05 Å². The average molecular weight is 230 g/mol. The van der Waals surface area contributed by atoms with Crippen molar-refractivity contribution in [1.29, 1.82) is 0 Å². The zero-order chi connectivity index (χ0) is 11.7. The van der Waals surface area contributed by atoms with Crippen molar-refractivity contribution in [2.45, 2.75) is 38.1 Å². The van der Waals surface area contributed by atoms with Crippen LogP contribution in [0.3, 0.4) is 0 Å². The highest BCUT2D eigenvalue weighted by Gasteiger charge is 2.21. The van der Waals surface area contributed by atoms with Gasteiger partial charge in [0.2, 0.25) is 0 Å². The van der Waals surface area contributed by atoms with E-state index in [1.807, 2.05) is 11.6 Å². The monoisotopic (exact) mass is 230 g/mol. The zero-order valence-corrected chi connectivity index (χ0v) is 10.2. The van der Waals surface area contributed by atoms with Gasteiger partial charge in [-0.15, -0.1) is 0 Å². The second-order valence-corrected chi connectivity index (χ2v) is 4.82. The van der Waals surface area contributed by atoms with E-state index in [1.165, 1.54) is 31.2 Å². The smallest absolute Gasteiger partial charge is 0.155 e. The first kappa shape index (κ1) is 10.7. The van der Waals surface area contributed by atoms with E-state index in [1.54, 1.807) is 0 Å². The molecule has 2 heterocycles. The molecule has 1 saturated carbocycles. The Balaban J connectivity index is 1.94. The van der Waals surface area contributed by atoms with Crippen molar-refractivity contribution < 1.29 is 0 Å². The maximum absolute atomic E-state index is 4.63. The minimum absolute atomic E-state index is 0.586. The molecule has 0 radical (unpaired) electrons. The number of pyridine rings is 1. The standard InChI is InChI=1S/C13H18N4/c1-14-8-10-6-7-12-15-13(16-17(12)9-10)11-4-2-3-5-11/h6-7,9,11,14H,2-5,8H2,1H3. The van der Waals surface area contributed by atoms with E-state index in [9.17, 15) is 0 Å². The first-order chi connectivity index (χ1) is 8.36. The van der Waals surface area contributed by atoms with Gasteiger partial charge in [-0.25, -0.2) is 9.50 Å². The molecule has 0 aliphatic heterocycles.